The second kappa shape index (κ2) is 4.25. The van der Waals surface area contributed by atoms with E-state index in [0.29, 0.717) is 18.9 Å². The minimum Gasteiger partial charge on any atom is -0.354 e. The molecule has 2 rings (SSSR count). The molecule has 0 bridgehead atoms. The number of carbonyl (C=O) groups is 1. The van der Waals surface area contributed by atoms with Crippen LogP contribution in [0.4, 0.5) is 5.95 Å². The van der Waals surface area contributed by atoms with Gasteiger partial charge < -0.3 is 10.6 Å². The van der Waals surface area contributed by atoms with Crippen molar-refractivity contribution in [3.8, 4) is 0 Å². The molecular formula is C10H14N4O. The molecule has 1 saturated heterocycles. The van der Waals surface area contributed by atoms with Gasteiger partial charge in [-0.3, -0.25) is 4.79 Å². The topological polar surface area (TPSA) is 66.9 Å². The van der Waals surface area contributed by atoms with E-state index in [1.54, 1.807) is 6.20 Å². The summed E-state index contributed by atoms with van der Waals surface area (Å²) in [7, 11) is 0. The lowest BCUT2D eigenvalue weighted by atomic mass is 10.1. The second-order valence-electron chi connectivity index (χ2n) is 3.71. The number of aromatic nitrogens is 2. The number of carbonyl (C=O) groups excluding carboxylic acids is 1. The largest absolute Gasteiger partial charge is 0.354 e. The lowest BCUT2D eigenvalue weighted by Gasteiger charge is -2.23. The van der Waals surface area contributed by atoms with E-state index < -0.39 is 0 Å². The predicted molar refractivity (Wildman–Crippen MR) is 56.4 cm³/mol. The average Bonchev–Trinajstić information content (AvgIpc) is 2.22. The molecule has 1 amide bonds. The molecular weight excluding hydrogens is 192 g/mol. The maximum Gasteiger partial charge on any atom is 0.223 e. The molecule has 2 N–H and O–H groups in total. The molecule has 1 aromatic heterocycles. The smallest absolute Gasteiger partial charge is 0.223 e. The van der Waals surface area contributed by atoms with E-state index in [0.717, 1.165) is 12.1 Å². The first-order chi connectivity index (χ1) is 7.24. The molecule has 5 nitrogen and oxygen atoms in total. The summed E-state index contributed by atoms with van der Waals surface area (Å²) in [5.74, 6) is 0.759. The van der Waals surface area contributed by atoms with E-state index >= 15 is 0 Å². The first kappa shape index (κ1) is 9.89. The van der Waals surface area contributed by atoms with Gasteiger partial charge >= 0.3 is 0 Å². The zero-order chi connectivity index (χ0) is 10.7. The third-order valence-corrected chi connectivity index (χ3v) is 2.39. The molecule has 0 saturated carbocycles. The van der Waals surface area contributed by atoms with Gasteiger partial charge in [0.05, 0.1) is 0 Å². The van der Waals surface area contributed by atoms with Crippen LogP contribution in [0, 0.1) is 6.92 Å². The maximum absolute atomic E-state index is 10.9. The van der Waals surface area contributed by atoms with Crippen LogP contribution in [0.25, 0.3) is 0 Å². The summed E-state index contributed by atoms with van der Waals surface area (Å²) in [6, 6.07) is 2.10. The van der Waals surface area contributed by atoms with Crippen LogP contribution in [0.5, 0.6) is 0 Å². The molecule has 1 aromatic rings. The van der Waals surface area contributed by atoms with Gasteiger partial charge in [-0.1, -0.05) is 0 Å². The highest BCUT2D eigenvalue weighted by atomic mass is 16.1. The molecule has 1 unspecified atom stereocenters. The number of amides is 1. The number of rotatable bonds is 2. The summed E-state index contributed by atoms with van der Waals surface area (Å²) in [4.78, 5) is 19.3. The highest BCUT2D eigenvalue weighted by molar-refractivity contribution is 5.76. The SMILES string of the molecule is Cc1ccnc(NC2CCC(=O)NC2)n1. The molecule has 0 aliphatic carbocycles. The number of aryl methyl sites for hydroxylation is 1. The zero-order valence-electron chi connectivity index (χ0n) is 8.66. The van der Waals surface area contributed by atoms with Crippen LogP contribution in [0.1, 0.15) is 18.5 Å². The Hall–Kier alpha value is -1.65. The minimum absolute atomic E-state index is 0.123. The van der Waals surface area contributed by atoms with Crippen LogP contribution in [0.3, 0.4) is 0 Å². The van der Waals surface area contributed by atoms with Crippen molar-refractivity contribution >= 4 is 11.9 Å². The summed E-state index contributed by atoms with van der Waals surface area (Å²) < 4.78 is 0. The number of anilines is 1. The number of piperidine rings is 1. The second-order valence-corrected chi connectivity index (χ2v) is 3.71. The Bertz CT molecular complexity index is 356. The van der Waals surface area contributed by atoms with E-state index in [1.807, 2.05) is 13.0 Å². The quantitative estimate of drug-likeness (QED) is 0.738. The lowest BCUT2D eigenvalue weighted by Crippen LogP contribution is -2.42. The third kappa shape index (κ3) is 2.65. The zero-order valence-corrected chi connectivity index (χ0v) is 8.66. The molecule has 1 aliphatic rings. The highest BCUT2D eigenvalue weighted by Crippen LogP contribution is 2.08. The monoisotopic (exact) mass is 206 g/mol. The van der Waals surface area contributed by atoms with Crippen molar-refractivity contribution < 1.29 is 4.79 Å². The maximum atomic E-state index is 10.9. The molecule has 1 fully saturated rings. The van der Waals surface area contributed by atoms with E-state index in [2.05, 4.69) is 20.6 Å². The van der Waals surface area contributed by atoms with Gasteiger partial charge in [0, 0.05) is 30.9 Å². The van der Waals surface area contributed by atoms with Crippen molar-refractivity contribution in [3.63, 3.8) is 0 Å². The van der Waals surface area contributed by atoms with Gasteiger partial charge in [0.15, 0.2) is 0 Å². The molecule has 1 aliphatic heterocycles. The highest BCUT2D eigenvalue weighted by Gasteiger charge is 2.18. The summed E-state index contributed by atoms with van der Waals surface area (Å²) in [5.41, 5.74) is 0.937. The number of hydrogen-bond acceptors (Lipinski definition) is 4. The van der Waals surface area contributed by atoms with Gasteiger partial charge in [0.1, 0.15) is 0 Å². The number of hydrogen-bond donors (Lipinski definition) is 2. The van der Waals surface area contributed by atoms with Crippen molar-refractivity contribution in [2.75, 3.05) is 11.9 Å². The molecule has 2 heterocycles. The summed E-state index contributed by atoms with van der Waals surface area (Å²) in [5, 5.41) is 6.02. The fourth-order valence-electron chi connectivity index (χ4n) is 1.56. The van der Waals surface area contributed by atoms with Crippen LogP contribution in [0.15, 0.2) is 12.3 Å². The Kier molecular flexibility index (Phi) is 2.80. The van der Waals surface area contributed by atoms with E-state index in [1.165, 1.54) is 0 Å². The predicted octanol–water partition coefficient (Wildman–Crippen LogP) is 0.476. The Morgan fingerprint density at radius 1 is 1.60 bits per heavy atom. The van der Waals surface area contributed by atoms with Crippen molar-refractivity contribution in [3.05, 3.63) is 18.0 Å². The van der Waals surface area contributed by atoms with Crippen LogP contribution < -0.4 is 10.6 Å². The first-order valence-electron chi connectivity index (χ1n) is 5.07. The summed E-state index contributed by atoms with van der Waals surface area (Å²) in [6.07, 6.45) is 3.14. The summed E-state index contributed by atoms with van der Waals surface area (Å²) >= 11 is 0. The van der Waals surface area contributed by atoms with E-state index in [-0.39, 0.29) is 11.9 Å². The van der Waals surface area contributed by atoms with Crippen LogP contribution in [0.2, 0.25) is 0 Å². The van der Waals surface area contributed by atoms with E-state index in [9.17, 15) is 4.79 Å². The van der Waals surface area contributed by atoms with Crippen molar-refractivity contribution in [1.29, 1.82) is 0 Å². The fraction of sp³-hybridized carbons (Fsp3) is 0.500. The van der Waals surface area contributed by atoms with Gasteiger partial charge in [-0.05, 0) is 19.4 Å². The Balaban J connectivity index is 1.94. The van der Waals surface area contributed by atoms with Crippen molar-refractivity contribution in [1.82, 2.24) is 15.3 Å². The molecule has 1 atom stereocenters. The standard InChI is InChI=1S/C10H14N4O/c1-7-4-5-11-10(13-7)14-8-2-3-9(15)12-6-8/h4-5,8H,2-3,6H2,1H3,(H,12,15)(H,11,13,14). The molecule has 0 aromatic carbocycles. The third-order valence-electron chi connectivity index (χ3n) is 2.39. The van der Waals surface area contributed by atoms with Crippen LogP contribution in [-0.4, -0.2) is 28.5 Å². The van der Waals surface area contributed by atoms with Gasteiger partial charge in [-0.15, -0.1) is 0 Å². The Labute approximate surface area is 88.3 Å². The normalized spacial score (nSPS) is 20.9. The van der Waals surface area contributed by atoms with Crippen LogP contribution >= 0.6 is 0 Å². The number of nitrogens with one attached hydrogen (secondary N) is 2. The lowest BCUT2D eigenvalue weighted by molar-refractivity contribution is -0.122. The van der Waals surface area contributed by atoms with Crippen molar-refractivity contribution in [2.45, 2.75) is 25.8 Å². The molecule has 0 spiro atoms. The molecule has 80 valence electrons. The van der Waals surface area contributed by atoms with Gasteiger partial charge in [0.25, 0.3) is 0 Å². The van der Waals surface area contributed by atoms with Crippen molar-refractivity contribution in [2.24, 2.45) is 0 Å². The Morgan fingerprint density at radius 3 is 3.13 bits per heavy atom. The Morgan fingerprint density at radius 2 is 2.47 bits per heavy atom. The van der Waals surface area contributed by atoms with Crippen LogP contribution in [-0.2, 0) is 4.79 Å². The van der Waals surface area contributed by atoms with Gasteiger partial charge in [-0.25, -0.2) is 9.97 Å². The fourth-order valence-corrected chi connectivity index (χ4v) is 1.56. The first-order valence-corrected chi connectivity index (χ1v) is 5.07. The van der Waals surface area contributed by atoms with Gasteiger partial charge in [0.2, 0.25) is 11.9 Å². The summed E-state index contributed by atoms with van der Waals surface area (Å²) in [6.45, 7) is 2.58. The molecule has 15 heavy (non-hydrogen) atoms. The molecule has 5 heteroatoms. The number of nitrogens with zero attached hydrogens (tertiary/aromatic N) is 2. The minimum atomic E-state index is 0.123. The average molecular weight is 206 g/mol. The van der Waals surface area contributed by atoms with E-state index in [4.69, 9.17) is 0 Å². The molecule has 0 radical (unpaired) electrons. The van der Waals surface area contributed by atoms with Gasteiger partial charge in [-0.2, -0.15) is 0 Å².